The number of amides is 1. The number of benzene rings is 1. The molecule has 3 N–H and O–H groups in total. The normalized spacial score (nSPS) is 11.7. The molecule has 1 amide bonds. The fourth-order valence-electron chi connectivity index (χ4n) is 1.94. The number of para-hydroxylation sites is 2. The Labute approximate surface area is 124 Å². The minimum absolute atomic E-state index is 0.119. The van der Waals surface area contributed by atoms with Crippen molar-refractivity contribution < 1.29 is 9.53 Å². The molecule has 1 atom stereocenters. The Kier molecular flexibility index (Phi) is 5.15. The number of carbonyl (C=O) groups excluding carboxylic acids is 1. The van der Waals surface area contributed by atoms with E-state index in [9.17, 15) is 4.79 Å². The van der Waals surface area contributed by atoms with Crippen LogP contribution < -0.4 is 15.8 Å². The Morgan fingerprint density at radius 2 is 2.00 bits per heavy atom. The average Bonchev–Trinajstić information content (AvgIpc) is 2.49. The quantitative estimate of drug-likeness (QED) is 0.819. The molecule has 0 aliphatic heterocycles. The first-order valence-electron chi connectivity index (χ1n) is 6.83. The number of pyridine rings is 1. The lowest BCUT2D eigenvalue weighted by atomic mass is 10.1. The number of anilines is 1. The van der Waals surface area contributed by atoms with Gasteiger partial charge in [0.05, 0.1) is 18.7 Å². The molecule has 0 spiro atoms. The van der Waals surface area contributed by atoms with Crippen LogP contribution >= 0.6 is 0 Å². The zero-order valence-corrected chi connectivity index (χ0v) is 12.0. The highest BCUT2D eigenvalue weighted by molar-refractivity contribution is 5.73. The maximum Gasteiger partial charge on any atom is 0.220 e. The van der Waals surface area contributed by atoms with Gasteiger partial charge in [-0.2, -0.15) is 0 Å². The molecule has 1 heterocycles. The molecule has 0 radical (unpaired) electrons. The van der Waals surface area contributed by atoms with Crippen LogP contribution in [0, 0.1) is 0 Å². The SMILES string of the molecule is CC(Nc1ccccc1OCCC(N)=O)c1ccncc1. The van der Waals surface area contributed by atoms with Gasteiger partial charge in [-0.25, -0.2) is 0 Å². The molecule has 5 heteroatoms. The predicted octanol–water partition coefficient (Wildman–Crippen LogP) is 2.51. The third kappa shape index (κ3) is 4.49. The van der Waals surface area contributed by atoms with Gasteiger partial charge in [-0.05, 0) is 36.8 Å². The highest BCUT2D eigenvalue weighted by Gasteiger charge is 2.09. The second kappa shape index (κ2) is 7.28. The van der Waals surface area contributed by atoms with Crippen molar-refractivity contribution in [3.05, 3.63) is 54.4 Å². The number of rotatable bonds is 7. The van der Waals surface area contributed by atoms with E-state index >= 15 is 0 Å². The number of nitrogens with two attached hydrogens (primary N) is 1. The largest absolute Gasteiger partial charge is 0.491 e. The van der Waals surface area contributed by atoms with E-state index in [1.54, 1.807) is 12.4 Å². The van der Waals surface area contributed by atoms with E-state index in [2.05, 4.69) is 17.2 Å². The topological polar surface area (TPSA) is 77.2 Å². The van der Waals surface area contributed by atoms with Crippen LogP contribution in [0.3, 0.4) is 0 Å². The monoisotopic (exact) mass is 285 g/mol. The van der Waals surface area contributed by atoms with Gasteiger partial charge in [0.1, 0.15) is 5.75 Å². The van der Waals surface area contributed by atoms with Crippen LogP contribution in [-0.4, -0.2) is 17.5 Å². The lowest BCUT2D eigenvalue weighted by Gasteiger charge is -2.18. The van der Waals surface area contributed by atoms with Gasteiger partial charge in [-0.1, -0.05) is 12.1 Å². The van der Waals surface area contributed by atoms with Crippen molar-refractivity contribution in [2.75, 3.05) is 11.9 Å². The van der Waals surface area contributed by atoms with Crippen LogP contribution in [-0.2, 0) is 4.79 Å². The van der Waals surface area contributed by atoms with Crippen molar-refractivity contribution >= 4 is 11.6 Å². The summed E-state index contributed by atoms with van der Waals surface area (Å²) in [5.74, 6) is 0.338. The first-order valence-corrected chi connectivity index (χ1v) is 6.83. The van der Waals surface area contributed by atoms with E-state index in [1.807, 2.05) is 36.4 Å². The average molecular weight is 285 g/mol. The first kappa shape index (κ1) is 14.8. The Balaban J connectivity index is 2.04. The summed E-state index contributed by atoms with van der Waals surface area (Å²) < 4.78 is 5.61. The van der Waals surface area contributed by atoms with Crippen molar-refractivity contribution in [2.45, 2.75) is 19.4 Å². The van der Waals surface area contributed by atoms with Gasteiger partial charge in [0.2, 0.25) is 5.91 Å². The Hall–Kier alpha value is -2.56. The number of carbonyl (C=O) groups is 1. The standard InChI is InChI=1S/C16H19N3O2/c1-12(13-6-9-18-10-7-13)19-14-4-2-3-5-15(14)21-11-8-16(17)20/h2-7,9-10,12,19H,8,11H2,1H3,(H2,17,20). The number of ether oxygens (including phenoxy) is 1. The summed E-state index contributed by atoms with van der Waals surface area (Å²) in [7, 11) is 0. The highest BCUT2D eigenvalue weighted by Crippen LogP contribution is 2.27. The molecule has 0 aliphatic carbocycles. The van der Waals surface area contributed by atoms with Gasteiger partial charge in [0.25, 0.3) is 0 Å². The van der Waals surface area contributed by atoms with Crippen LogP contribution in [0.2, 0.25) is 0 Å². The smallest absolute Gasteiger partial charge is 0.220 e. The minimum Gasteiger partial charge on any atom is -0.491 e. The zero-order valence-electron chi connectivity index (χ0n) is 12.0. The summed E-state index contributed by atoms with van der Waals surface area (Å²) in [6.07, 6.45) is 3.74. The molecular formula is C16H19N3O2. The summed E-state index contributed by atoms with van der Waals surface area (Å²) in [6.45, 7) is 2.34. The number of hydrogen-bond acceptors (Lipinski definition) is 4. The number of primary amides is 1. The number of nitrogens with one attached hydrogen (secondary N) is 1. The fraction of sp³-hybridized carbons (Fsp3) is 0.250. The number of nitrogens with zero attached hydrogens (tertiary/aromatic N) is 1. The molecule has 110 valence electrons. The summed E-state index contributed by atoms with van der Waals surface area (Å²) >= 11 is 0. The molecule has 1 unspecified atom stereocenters. The maximum atomic E-state index is 10.8. The third-order valence-electron chi connectivity index (χ3n) is 3.07. The lowest BCUT2D eigenvalue weighted by Crippen LogP contribution is -2.15. The van der Waals surface area contributed by atoms with E-state index in [-0.39, 0.29) is 25.0 Å². The molecule has 2 aromatic rings. The Morgan fingerprint density at radius 3 is 2.71 bits per heavy atom. The van der Waals surface area contributed by atoms with Crippen LogP contribution in [0.25, 0.3) is 0 Å². The molecule has 0 fully saturated rings. The molecule has 5 nitrogen and oxygen atoms in total. The predicted molar refractivity (Wildman–Crippen MR) is 82.0 cm³/mol. The van der Waals surface area contributed by atoms with Gasteiger partial charge < -0.3 is 15.8 Å². The second-order valence-electron chi connectivity index (χ2n) is 4.71. The van der Waals surface area contributed by atoms with Crippen LogP contribution in [0.4, 0.5) is 5.69 Å². The van der Waals surface area contributed by atoms with E-state index in [4.69, 9.17) is 10.5 Å². The van der Waals surface area contributed by atoms with Gasteiger partial charge in [-0.3, -0.25) is 9.78 Å². The molecule has 21 heavy (non-hydrogen) atoms. The van der Waals surface area contributed by atoms with Crippen molar-refractivity contribution in [1.29, 1.82) is 0 Å². The molecule has 1 aromatic carbocycles. The minimum atomic E-state index is -0.370. The summed E-state index contributed by atoms with van der Waals surface area (Å²) in [4.78, 5) is 14.8. The second-order valence-corrected chi connectivity index (χ2v) is 4.71. The lowest BCUT2D eigenvalue weighted by molar-refractivity contribution is -0.118. The molecular weight excluding hydrogens is 266 g/mol. The number of hydrogen-bond donors (Lipinski definition) is 2. The molecule has 0 bridgehead atoms. The molecule has 0 aliphatic rings. The van der Waals surface area contributed by atoms with E-state index in [0.717, 1.165) is 11.3 Å². The molecule has 0 saturated heterocycles. The van der Waals surface area contributed by atoms with Crippen molar-refractivity contribution in [1.82, 2.24) is 4.98 Å². The first-order chi connectivity index (χ1) is 10.2. The Bertz CT molecular complexity index is 587. The Morgan fingerprint density at radius 1 is 1.29 bits per heavy atom. The van der Waals surface area contributed by atoms with Gasteiger partial charge in [0, 0.05) is 18.4 Å². The van der Waals surface area contributed by atoms with Gasteiger partial charge in [-0.15, -0.1) is 0 Å². The fourth-order valence-corrected chi connectivity index (χ4v) is 1.94. The molecule has 2 rings (SSSR count). The van der Waals surface area contributed by atoms with Crippen LogP contribution in [0.15, 0.2) is 48.8 Å². The van der Waals surface area contributed by atoms with Crippen molar-refractivity contribution in [3.8, 4) is 5.75 Å². The van der Waals surface area contributed by atoms with E-state index in [0.29, 0.717) is 5.75 Å². The van der Waals surface area contributed by atoms with Crippen LogP contribution in [0.1, 0.15) is 24.9 Å². The van der Waals surface area contributed by atoms with E-state index in [1.165, 1.54) is 0 Å². The molecule has 0 saturated carbocycles. The summed E-state index contributed by atoms with van der Waals surface area (Å²) in [6, 6.07) is 11.7. The number of aromatic nitrogens is 1. The third-order valence-corrected chi connectivity index (χ3v) is 3.07. The molecule has 1 aromatic heterocycles. The van der Waals surface area contributed by atoms with Gasteiger partial charge in [0.15, 0.2) is 0 Å². The van der Waals surface area contributed by atoms with E-state index < -0.39 is 0 Å². The highest BCUT2D eigenvalue weighted by atomic mass is 16.5. The maximum absolute atomic E-state index is 10.8. The van der Waals surface area contributed by atoms with Crippen molar-refractivity contribution in [3.63, 3.8) is 0 Å². The summed E-state index contributed by atoms with van der Waals surface area (Å²) in [5, 5.41) is 3.40. The van der Waals surface area contributed by atoms with Crippen LogP contribution in [0.5, 0.6) is 5.75 Å². The summed E-state index contributed by atoms with van der Waals surface area (Å²) in [5.41, 5.74) is 7.13. The zero-order chi connectivity index (χ0) is 15.1. The van der Waals surface area contributed by atoms with Gasteiger partial charge >= 0.3 is 0 Å². The van der Waals surface area contributed by atoms with Crippen molar-refractivity contribution in [2.24, 2.45) is 5.73 Å².